The van der Waals surface area contributed by atoms with E-state index in [-0.39, 0.29) is 0 Å². The van der Waals surface area contributed by atoms with Gasteiger partial charge < -0.3 is 9.47 Å². The molecule has 0 bridgehead atoms. The van der Waals surface area contributed by atoms with Gasteiger partial charge >= 0.3 is 0 Å². The topological polar surface area (TPSA) is 18.5 Å². The zero-order valence-electron chi connectivity index (χ0n) is 10.8. The van der Waals surface area contributed by atoms with E-state index in [2.05, 4.69) is 29.8 Å². The van der Waals surface area contributed by atoms with Gasteiger partial charge in [-0.3, -0.25) is 0 Å². The van der Waals surface area contributed by atoms with Crippen molar-refractivity contribution in [3.8, 4) is 5.75 Å². The third-order valence-electron chi connectivity index (χ3n) is 2.81. The molecule has 1 aromatic rings. The second kappa shape index (κ2) is 7.72. The maximum atomic E-state index is 5.82. The molecule has 0 amide bonds. The third-order valence-corrected chi connectivity index (χ3v) is 3.65. The van der Waals surface area contributed by atoms with Gasteiger partial charge in [-0.2, -0.15) is 0 Å². The van der Waals surface area contributed by atoms with Crippen LogP contribution >= 0.6 is 15.9 Å². The highest BCUT2D eigenvalue weighted by molar-refractivity contribution is 9.09. The van der Waals surface area contributed by atoms with Crippen molar-refractivity contribution < 1.29 is 9.47 Å². The fraction of sp³-hybridized carbons (Fsp3) is 0.571. The molecule has 0 aliphatic rings. The van der Waals surface area contributed by atoms with Crippen molar-refractivity contribution in [2.75, 3.05) is 19.0 Å². The summed E-state index contributed by atoms with van der Waals surface area (Å²) < 4.78 is 10.9. The monoisotopic (exact) mass is 300 g/mol. The quantitative estimate of drug-likeness (QED) is 0.712. The van der Waals surface area contributed by atoms with Crippen LogP contribution in [0.15, 0.2) is 24.3 Å². The first-order chi connectivity index (χ1) is 8.17. The molecule has 0 radical (unpaired) electrons. The summed E-state index contributed by atoms with van der Waals surface area (Å²) in [6.45, 7) is 5.82. The minimum atomic E-state index is 0.543. The second-order valence-electron chi connectivity index (χ2n) is 4.55. The van der Waals surface area contributed by atoms with E-state index in [0.29, 0.717) is 18.4 Å². The minimum absolute atomic E-state index is 0.543. The molecule has 1 unspecified atom stereocenters. The molecule has 0 aliphatic carbocycles. The van der Waals surface area contributed by atoms with Crippen molar-refractivity contribution >= 4 is 15.9 Å². The normalized spacial score (nSPS) is 12.8. The van der Waals surface area contributed by atoms with Crippen LogP contribution in [0.5, 0.6) is 5.75 Å². The Labute approximate surface area is 112 Å². The lowest BCUT2D eigenvalue weighted by Crippen LogP contribution is -2.19. The highest BCUT2D eigenvalue weighted by atomic mass is 79.9. The lowest BCUT2D eigenvalue weighted by atomic mass is 9.99. The Bertz CT molecular complexity index is 326. The first-order valence-corrected chi connectivity index (χ1v) is 7.06. The number of ether oxygens (including phenoxy) is 2. The number of halogens is 1. The molecule has 17 heavy (non-hydrogen) atoms. The predicted molar refractivity (Wildman–Crippen MR) is 74.8 cm³/mol. The van der Waals surface area contributed by atoms with Gasteiger partial charge in [-0.1, -0.05) is 41.9 Å². The third kappa shape index (κ3) is 5.09. The lowest BCUT2D eigenvalue weighted by molar-refractivity contribution is 0.184. The van der Waals surface area contributed by atoms with Gasteiger partial charge in [0.2, 0.25) is 0 Å². The molecule has 0 saturated carbocycles. The van der Waals surface area contributed by atoms with Crippen LogP contribution in [0.25, 0.3) is 0 Å². The van der Waals surface area contributed by atoms with E-state index >= 15 is 0 Å². The second-order valence-corrected chi connectivity index (χ2v) is 5.20. The zero-order chi connectivity index (χ0) is 12.7. The molecule has 0 spiro atoms. The number of rotatable bonds is 7. The molecule has 3 heteroatoms. The van der Waals surface area contributed by atoms with Crippen molar-refractivity contribution in [1.82, 2.24) is 0 Å². The summed E-state index contributed by atoms with van der Waals surface area (Å²) in [5.41, 5.74) is 1.14. The maximum Gasteiger partial charge on any atom is 0.119 e. The van der Waals surface area contributed by atoms with E-state index in [0.717, 1.165) is 23.2 Å². The summed E-state index contributed by atoms with van der Waals surface area (Å²) in [7, 11) is 1.70. The molecule has 0 aromatic heterocycles. The first kappa shape index (κ1) is 14.5. The van der Waals surface area contributed by atoms with E-state index < -0.39 is 0 Å². The lowest BCUT2D eigenvalue weighted by Gasteiger charge is -2.18. The van der Waals surface area contributed by atoms with Gasteiger partial charge in [0, 0.05) is 18.4 Å². The zero-order valence-corrected chi connectivity index (χ0v) is 12.4. The minimum Gasteiger partial charge on any atom is -0.493 e. The van der Waals surface area contributed by atoms with E-state index in [9.17, 15) is 0 Å². The fourth-order valence-corrected chi connectivity index (χ4v) is 2.44. The molecule has 1 rings (SSSR count). The predicted octanol–water partition coefficient (Wildman–Crippen LogP) is 3.88. The van der Waals surface area contributed by atoms with Crippen LogP contribution < -0.4 is 4.74 Å². The van der Waals surface area contributed by atoms with Crippen LogP contribution in [0.3, 0.4) is 0 Å². The number of hydrogen-bond donors (Lipinski definition) is 0. The Balaban J connectivity index is 2.53. The molecule has 1 aromatic carbocycles. The number of methoxy groups -OCH3 is 1. The summed E-state index contributed by atoms with van der Waals surface area (Å²) in [6, 6.07) is 8.07. The molecule has 96 valence electrons. The van der Waals surface area contributed by atoms with Crippen LogP contribution in [0.1, 0.15) is 19.4 Å². The number of hydrogen-bond acceptors (Lipinski definition) is 2. The fourth-order valence-electron chi connectivity index (χ4n) is 1.51. The Morgan fingerprint density at radius 1 is 1.29 bits per heavy atom. The molecule has 0 heterocycles. The van der Waals surface area contributed by atoms with Crippen LogP contribution in [-0.2, 0) is 11.3 Å². The summed E-state index contributed by atoms with van der Waals surface area (Å²) in [5, 5.41) is 0.975. The summed E-state index contributed by atoms with van der Waals surface area (Å²) in [6.07, 6.45) is 0. The standard InChI is InChI=1S/C14H21BrO2/c1-11(2)13(8-15)10-17-14-6-4-5-12(7-14)9-16-3/h4-7,11,13H,8-10H2,1-3H3. The van der Waals surface area contributed by atoms with Crippen molar-refractivity contribution in [2.24, 2.45) is 11.8 Å². The van der Waals surface area contributed by atoms with Crippen LogP contribution in [-0.4, -0.2) is 19.0 Å². The van der Waals surface area contributed by atoms with Gasteiger partial charge in [-0.25, -0.2) is 0 Å². The van der Waals surface area contributed by atoms with Crippen molar-refractivity contribution in [3.63, 3.8) is 0 Å². The molecule has 0 saturated heterocycles. The van der Waals surface area contributed by atoms with Gasteiger partial charge in [0.25, 0.3) is 0 Å². The first-order valence-electron chi connectivity index (χ1n) is 5.94. The maximum absolute atomic E-state index is 5.82. The highest BCUT2D eigenvalue weighted by Crippen LogP contribution is 2.18. The Morgan fingerprint density at radius 3 is 2.65 bits per heavy atom. The Morgan fingerprint density at radius 2 is 2.06 bits per heavy atom. The average molecular weight is 301 g/mol. The van der Waals surface area contributed by atoms with Crippen LogP contribution in [0.2, 0.25) is 0 Å². The van der Waals surface area contributed by atoms with Gasteiger partial charge in [0.05, 0.1) is 13.2 Å². The molecular weight excluding hydrogens is 280 g/mol. The number of alkyl halides is 1. The van der Waals surface area contributed by atoms with Crippen molar-refractivity contribution in [3.05, 3.63) is 29.8 Å². The van der Waals surface area contributed by atoms with Crippen LogP contribution in [0.4, 0.5) is 0 Å². The van der Waals surface area contributed by atoms with Gasteiger partial charge in [-0.15, -0.1) is 0 Å². The van der Waals surface area contributed by atoms with Crippen LogP contribution in [0, 0.1) is 11.8 Å². The van der Waals surface area contributed by atoms with E-state index in [1.807, 2.05) is 24.3 Å². The molecule has 0 fully saturated rings. The number of benzene rings is 1. The molecule has 2 nitrogen and oxygen atoms in total. The molecule has 0 N–H and O–H groups in total. The van der Waals surface area contributed by atoms with Gasteiger partial charge in [-0.05, 0) is 23.6 Å². The van der Waals surface area contributed by atoms with Gasteiger partial charge in [0.1, 0.15) is 5.75 Å². The average Bonchev–Trinajstić information content (AvgIpc) is 2.30. The molecular formula is C14H21BrO2. The summed E-state index contributed by atoms with van der Waals surface area (Å²) in [5.74, 6) is 2.09. The van der Waals surface area contributed by atoms with Crippen molar-refractivity contribution in [2.45, 2.75) is 20.5 Å². The van der Waals surface area contributed by atoms with E-state index in [1.54, 1.807) is 7.11 Å². The van der Waals surface area contributed by atoms with Crippen molar-refractivity contribution in [1.29, 1.82) is 0 Å². The SMILES string of the molecule is COCc1cccc(OCC(CBr)C(C)C)c1. The summed E-state index contributed by atoms with van der Waals surface area (Å²) >= 11 is 3.53. The van der Waals surface area contributed by atoms with Gasteiger partial charge in [0.15, 0.2) is 0 Å². The Hall–Kier alpha value is -0.540. The smallest absolute Gasteiger partial charge is 0.119 e. The van der Waals surface area contributed by atoms with E-state index in [1.165, 1.54) is 0 Å². The van der Waals surface area contributed by atoms with E-state index in [4.69, 9.17) is 9.47 Å². The largest absolute Gasteiger partial charge is 0.493 e. The molecule has 1 atom stereocenters. The summed E-state index contributed by atoms with van der Waals surface area (Å²) in [4.78, 5) is 0. The Kier molecular flexibility index (Phi) is 6.60. The highest BCUT2D eigenvalue weighted by Gasteiger charge is 2.12. The molecule has 0 aliphatic heterocycles.